The summed E-state index contributed by atoms with van der Waals surface area (Å²) >= 11 is 0. The number of aryl methyl sites for hydroxylation is 1. The van der Waals surface area contributed by atoms with E-state index in [0.29, 0.717) is 6.04 Å². The molecule has 0 amide bonds. The smallest absolute Gasteiger partial charge is 0.0512 e. The van der Waals surface area contributed by atoms with Gasteiger partial charge in [0.2, 0.25) is 0 Å². The van der Waals surface area contributed by atoms with Crippen LogP contribution in [0.5, 0.6) is 0 Å². The van der Waals surface area contributed by atoms with Crippen LogP contribution in [0.25, 0.3) is 0 Å². The SMILES string of the molecule is CCNC(C=C(C)C)c1ccncc1C. The highest BCUT2D eigenvalue weighted by atomic mass is 14.9. The molecular weight excluding hydrogens is 184 g/mol. The second-order valence-corrected chi connectivity index (χ2v) is 4.01. The van der Waals surface area contributed by atoms with Crippen LogP contribution >= 0.6 is 0 Å². The first kappa shape index (κ1) is 11.9. The molecule has 1 rings (SSSR count). The van der Waals surface area contributed by atoms with Gasteiger partial charge in [0.05, 0.1) is 6.04 Å². The first-order valence-corrected chi connectivity index (χ1v) is 5.44. The zero-order valence-electron chi connectivity index (χ0n) is 10.0. The van der Waals surface area contributed by atoms with Crippen LogP contribution in [-0.4, -0.2) is 11.5 Å². The third-order valence-corrected chi connectivity index (χ3v) is 2.32. The Morgan fingerprint density at radius 1 is 1.53 bits per heavy atom. The Hall–Kier alpha value is -1.15. The Labute approximate surface area is 92.4 Å². The van der Waals surface area contributed by atoms with Crippen molar-refractivity contribution >= 4 is 0 Å². The number of nitrogens with one attached hydrogen (secondary N) is 1. The standard InChI is InChI=1S/C13H20N2/c1-5-15-13(8-10(2)3)12-6-7-14-9-11(12)4/h6-9,13,15H,5H2,1-4H3. The summed E-state index contributed by atoms with van der Waals surface area (Å²) in [6, 6.07) is 2.39. The highest BCUT2D eigenvalue weighted by molar-refractivity contribution is 5.29. The van der Waals surface area contributed by atoms with Crippen LogP contribution in [0.1, 0.15) is 37.9 Å². The number of hydrogen-bond acceptors (Lipinski definition) is 2. The van der Waals surface area contributed by atoms with E-state index >= 15 is 0 Å². The van der Waals surface area contributed by atoms with Gasteiger partial charge in [-0.2, -0.15) is 0 Å². The van der Waals surface area contributed by atoms with Gasteiger partial charge in [0.25, 0.3) is 0 Å². The van der Waals surface area contributed by atoms with E-state index in [-0.39, 0.29) is 0 Å². The van der Waals surface area contributed by atoms with Gasteiger partial charge in [-0.1, -0.05) is 18.6 Å². The van der Waals surface area contributed by atoms with Crippen LogP contribution in [0, 0.1) is 6.92 Å². The quantitative estimate of drug-likeness (QED) is 0.763. The molecule has 0 bridgehead atoms. The molecule has 0 aliphatic rings. The van der Waals surface area contributed by atoms with E-state index in [1.165, 1.54) is 16.7 Å². The zero-order valence-corrected chi connectivity index (χ0v) is 10.0. The second kappa shape index (κ2) is 5.66. The van der Waals surface area contributed by atoms with Crippen molar-refractivity contribution in [2.45, 2.75) is 33.7 Å². The van der Waals surface area contributed by atoms with Crippen molar-refractivity contribution in [3.63, 3.8) is 0 Å². The molecular formula is C13H20N2. The van der Waals surface area contributed by atoms with Crippen molar-refractivity contribution in [3.8, 4) is 0 Å². The number of pyridine rings is 1. The fourth-order valence-corrected chi connectivity index (χ4v) is 1.65. The average Bonchev–Trinajstić information content (AvgIpc) is 2.17. The third-order valence-electron chi connectivity index (χ3n) is 2.32. The largest absolute Gasteiger partial charge is 0.307 e. The van der Waals surface area contributed by atoms with Gasteiger partial charge in [-0.25, -0.2) is 0 Å². The van der Waals surface area contributed by atoms with Gasteiger partial charge >= 0.3 is 0 Å². The highest BCUT2D eigenvalue weighted by Gasteiger charge is 2.08. The van der Waals surface area contributed by atoms with Crippen molar-refractivity contribution in [1.29, 1.82) is 0 Å². The summed E-state index contributed by atoms with van der Waals surface area (Å²) in [4.78, 5) is 4.12. The molecule has 1 heterocycles. The predicted octanol–water partition coefficient (Wildman–Crippen LogP) is 3.01. The molecule has 0 fully saturated rings. The molecule has 1 atom stereocenters. The number of rotatable bonds is 4. The van der Waals surface area contributed by atoms with Crippen molar-refractivity contribution in [2.24, 2.45) is 0 Å². The molecule has 82 valence electrons. The summed E-state index contributed by atoms with van der Waals surface area (Å²) in [7, 11) is 0. The number of allylic oxidation sites excluding steroid dienone is 1. The van der Waals surface area contributed by atoms with Gasteiger partial charge in [0.15, 0.2) is 0 Å². The van der Waals surface area contributed by atoms with Crippen LogP contribution < -0.4 is 5.32 Å². The molecule has 1 aromatic heterocycles. The first-order chi connectivity index (χ1) is 7.15. The maximum absolute atomic E-state index is 4.12. The van der Waals surface area contributed by atoms with Crippen LogP contribution in [0.15, 0.2) is 30.1 Å². The van der Waals surface area contributed by atoms with E-state index in [4.69, 9.17) is 0 Å². The lowest BCUT2D eigenvalue weighted by molar-refractivity contribution is 0.641. The van der Waals surface area contributed by atoms with E-state index in [9.17, 15) is 0 Å². The Morgan fingerprint density at radius 2 is 2.27 bits per heavy atom. The maximum atomic E-state index is 4.12. The van der Waals surface area contributed by atoms with Crippen LogP contribution in [-0.2, 0) is 0 Å². The van der Waals surface area contributed by atoms with E-state index in [1.54, 1.807) is 0 Å². The molecule has 2 heteroatoms. The molecule has 2 nitrogen and oxygen atoms in total. The minimum absolute atomic E-state index is 0.308. The summed E-state index contributed by atoms with van der Waals surface area (Å²) in [5.41, 5.74) is 3.88. The lowest BCUT2D eigenvalue weighted by Gasteiger charge is -2.17. The Morgan fingerprint density at radius 3 is 2.80 bits per heavy atom. The molecule has 0 radical (unpaired) electrons. The Kier molecular flexibility index (Phi) is 4.50. The minimum Gasteiger partial charge on any atom is -0.307 e. The minimum atomic E-state index is 0.308. The lowest BCUT2D eigenvalue weighted by atomic mass is 10.0. The number of likely N-dealkylation sites (N-methyl/N-ethyl adjacent to an activating group) is 1. The molecule has 1 aromatic rings. The average molecular weight is 204 g/mol. The summed E-state index contributed by atoms with van der Waals surface area (Å²) in [5.74, 6) is 0. The Balaban J connectivity index is 2.99. The van der Waals surface area contributed by atoms with Crippen LogP contribution in [0.4, 0.5) is 0 Å². The first-order valence-electron chi connectivity index (χ1n) is 5.44. The van der Waals surface area contributed by atoms with Crippen molar-refractivity contribution in [1.82, 2.24) is 10.3 Å². The summed E-state index contributed by atoms with van der Waals surface area (Å²) < 4.78 is 0. The fourth-order valence-electron chi connectivity index (χ4n) is 1.65. The van der Waals surface area contributed by atoms with Gasteiger partial charge in [-0.05, 0) is 44.5 Å². The molecule has 15 heavy (non-hydrogen) atoms. The van der Waals surface area contributed by atoms with E-state index < -0.39 is 0 Å². The van der Waals surface area contributed by atoms with Crippen molar-refractivity contribution in [3.05, 3.63) is 41.2 Å². The van der Waals surface area contributed by atoms with E-state index in [2.05, 4.69) is 50.1 Å². The molecule has 0 aliphatic carbocycles. The fraction of sp³-hybridized carbons (Fsp3) is 0.462. The van der Waals surface area contributed by atoms with Gasteiger partial charge in [-0.3, -0.25) is 4.98 Å². The van der Waals surface area contributed by atoms with E-state index in [1.807, 2.05) is 12.4 Å². The molecule has 0 saturated heterocycles. The van der Waals surface area contributed by atoms with Gasteiger partial charge < -0.3 is 5.32 Å². The van der Waals surface area contributed by atoms with Crippen LogP contribution in [0.3, 0.4) is 0 Å². The number of aromatic nitrogens is 1. The molecule has 1 N–H and O–H groups in total. The molecule has 0 saturated carbocycles. The summed E-state index contributed by atoms with van der Waals surface area (Å²) in [5, 5.41) is 3.47. The topological polar surface area (TPSA) is 24.9 Å². The number of nitrogens with zero attached hydrogens (tertiary/aromatic N) is 1. The third kappa shape index (κ3) is 3.48. The van der Waals surface area contributed by atoms with Gasteiger partial charge in [-0.15, -0.1) is 0 Å². The van der Waals surface area contributed by atoms with Gasteiger partial charge in [0, 0.05) is 12.4 Å². The Bertz CT molecular complexity index is 338. The predicted molar refractivity (Wildman–Crippen MR) is 64.8 cm³/mol. The van der Waals surface area contributed by atoms with Gasteiger partial charge in [0.1, 0.15) is 0 Å². The second-order valence-electron chi connectivity index (χ2n) is 4.01. The molecule has 0 aromatic carbocycles. The van der Waals surface area contributed by atoms with E-state index in [0.717, 1.165) is 6.54 Å². The molecule has 1 unspecified atom stereocenters. The van der Waals surface area contributed by atoms with Crippen molar-refractivity contribution < 1.29 is 0 Å². The van der Waals surface area contributed by atoms with Crippen molar-refractivity contribution in [2.75, 3.05) is 6.54 Å². The monoisotopic (exact) mass is 204 g/mol. The summed E-state index contributed by atoms with van der Waals surface area (Å²) in [6.07, 6.45) is 6.02. The number of hydrogen-bond donors (Lipinski definition) is 1. The molecule has 0 aliphatic heterocycles. The van der Waals surface area contributed by atoms with Crippen LogP contribution in [0.2, 0.25) is 0 Å². The maximum Gasteiger partial charge on any atom is 0.0512 e. The normalized spacial score (nSPS) is 12.3. The highest BCUT2D eigenvalue weighted by Crippen LogP contribution is 2.18. The lowest BCUT2D eigenvalue weighted by Crippen LogP contribution is -2.20. The molecule has 0 spiro atoms. The zero-order chi connectivity index (χ0) is 11.3. The summed E-state index contributed by atoms with van der Waals surface area (Å²) in [6.45, 7) is 9.45.